The number of halogens is 1. The molecule has 5 aromatic rings. The number of carbonyl (C=O) groups excluding carboxylic acids is 2. The van der Waals surface area contributed by atoms with E-state index in [1.165, 1.54) is 24.4 Å². The summed E-state index contributed by atoms with van der Waals surface area (Å²) in [5.74, 6) is -0.271. The average Bonchev–Trinajstić information content (AvgIpc) is 3.27. The minimum atomic E-state index is -0.441. The highest BCUT2D eigenvalue weighted by atomic mass is 19.1. The lowest BCUT2D eigenvalue weighted by molar-refractivity contribution is 0.102. The number of imidazole rings is 1. The van der Waals surface area contributed by atoms with Crippen LogP contribution in [0, 0.1) is 5.82 Å². The molecule has 0 atom stereocenters. The van der Waals surface area contributed by atoms with Crippen LogP contribution in [0.15, 0.2) is 72.9 Å². The Bertz CT molecular complexity index is 1560. The van der Waals surface area contributed by atoms with Crippen LogP contribution in [0.3, 0.4) is 0 Å². The van der Waals surface area contributed by atoms with Crippen LogP contribution in [-0.4, -0.2) is 32.1 Å². The van der Waals surface area contributed by atoms with Gasteiger partial charge < -0.3 is 16.0 Å². The first-order valence-corrected chi connectivity index (χ1v) is 10.3. The molecule has 0 aliphatic heterocycles. The minimum Gasteiger partial charge on any atom is -0.382 e. The van der Waals surface area contributed by atoms with Crippen LogP contribution in [0.25, 0.3) is 33.8 Å². The number of aldehydes is 1. The van der Waals surface area contributed by atoms with E-state index >= 15 is 0 Å². The molecule has 0 saturated carbocycles. The lowest BCUT2D eigenvalue weighted by Crippen LogP contribution is -2.11. The fraction of sp³-hybridized carbons (Fsp3) is 0. The summed E-state index contributed by atoms with van der Waals surface area (Å²) in [5, 5.41) is 2.66. The van der Waals surface area contributed by atoms with Gasteiger partial charge in [0.1, 0.15) is 17.8 Å². The molecule has 8 nitrogen and oxygen atoms in total. The zero-order valence-electron chi connectivity index (χ0n) is 17.6. The standard InChI is InChI=1S/C25H17FN6O2/c26-17-5-2-6-18(11-17)29-25(34)16-7-8-19-20(10-16)32-24(31-19)22-23(27)28-12-21(30-22)15-4-1-3-14(9-15)13-33/h1-13H,(H2,27,28)(H,29,34)(H,31,32). The van der Waals surface area contributed by atoms with E-state index in [1.54, 1.807) is 42.5 Å². The number of fused-ring (bicyclic) bond motifs is 1. The van der Waals surface area contributed by atoms with Gasteiger partial charge in [0, 0.05) is 22.4 Å². The van der Waals surface area contributed by atoms with E-state index in [2.05, 4.69) is 25.3 Å². The van der Waals surface area contributed by atoms with Crippen LogP contribution in [0.2, 0.25) is 0 Å². The first kappa shape index (κ1) is 21.0. The van der Waals surface area contributed by atoms with Gasteiger partial charge in [0.05, 0.1) is 22.9 Å². The van der Waals surface area contributed by atoms with E-state index in [1.807, 2.05) is 6.07 Å². The fourth-order valence-electron chi connectivity index (χ4n) is 3.51. The molecule has 0 unspecified atom stereocenters. The Morgan fingerprint density at radius 2 is 1.88 bits per heavy atom. The van der Waals surface area contributed by atoms with Crippen molar-refractivity contribution in [1.29, 1.82) is 0 Å². The molecular weight excluding hydrogens is 435 g/mol. The highest BCUT2D eigenvalue weighted by molar-refractivity contribution is 6.06. The van der Waals surface area contributed by atoms with Gasteiger partial charge in [0.25, 0.3) is 5.91 Å². The molecule has 9 heteroatoms. The number of hydrogen-bond donors (Lipinski definition) is 3. The molecular formula is C25H17FN6O2. The summed E-state index contributed by atoms with van der Waals surface area (Å²) >= 11 is 0. The summed E-state index contributed by atoms with van der Waals surface area (Å²) in [6.45, 7) is 0. The average molecular weight is 452 g/mol. The monoisotopic (exact) mass is 452 g/mol. The van der Waals surface area contributed by atoms with E-state index < -0.39 is 11.7 Å². The molecule has 0 radical (unpaired) electrons. The molecule has 0 aliphatic carbocycles. The lowest BCUT2D eigenvalue weighted by atomic mass is 10.1. The maximum Gasteiger partial charge on any atom is 0.255 e. The van der Waals surface area contributed by atoms with Crippen LogP contribution < -0.4 is 11.1 Å². The van der Waals surface area contributed by atoms with Crippen LogP contribution in [0.1, 0.15) is 20.7 Å². The Hall–Kier alpha value is -4.92. The van der Waals surface area contributed by atoms with E-state index in [0.29, 0.717) is 50.6 Å². The van der Waals surface area contributed by atoms with Crippen molar-refractivity contribution in [3.63, 3.8) is 0 Å². The number of H-pyrrole nitrogens is 1. The van der Waals surface area contributed by atoms with Gasteiger partial charge >= 0.3 is 0 Å². The third kappa shape index (κ3) is 4.09. The quantitative estimate of drug-likeness (QED) is 0.338. The van der Waals surface area contributed by atoms with Crippen molar-refractivity contribution >= 4 is 34.7 Å². The number of anilines is 2. The van der Waals surface area contributed by atoms with Crippen LogP contribution in [0.4, 0.5) is 15.9 Å². The molecule has 0 bridgehead atoms. The number of benzene rings is 3. The van der Waals surface area contributed by atoms with Gasteiger partial charge in [0.15, 0.2) is 11.6 Å². The molecule has 34 heavy (non-hydrogen) atoms. The third-order valence-electron chi connectivity index (χ3n) is 5.17. The second kappa shape index (κ2) is 8.55. The number of nitrogens with one attached hydrogen (secondary N) is 2. The van der Waals surface area contributed by atoms with Crippen molar-refractivity contribution in [3.8, 4) is 22.8 Å². The number of rotatable bonds is 5. The van der Waals surface area contributed by atoms with Crippen LogP contribution in [-0.2, 0) is 0 Å². The predicted octanol–water partition coefficient (Wildman–Crippen LogP) is 4.47. The highest BCUT2D eigenvalue weighted by Crippen LogP contribution is 2.27. The normalized spacial score (nSPS) is 10.9. The number of aromatic amines is 1. The van der Waals surface area contributed by atoms with Crippen molar-refractivity contribution in [1.82, 2.24) is 19.9 Å². The van der Waals surface area contributed by atoms with Crippen molar-refractivity contribution in [2.45, 2.75) is 0 Å². The molecule has 1 amide bonds. The van der Waals surface area contributed by atoms with Gasteiger partial charge in [0.2, 0.25) is 0 Å². The molecule has 2 aromatic heterocycles. The van der Waals surface area contributed by atoms with Crippen molar-refractivity contribution < 1.29 is 14.0 Å². The maximum atomic E-state index is 13.4. The fourth-order valence-corrected chi connectivity index (χ4v) is 3.51. The van der Waals surface area contributed by atoms with Crippen LogP contribution in [0.5, 0.6) is 0 Å². The number of amides is 1. The van der Waals surface area contributed by atoms with Crippen molar-refractivity contribution in [3.05, 3.63) is 89.9 Å². The van der Waals surface area contributed by atoms with Gasteiger partial charge in [-0.3, -0.25) is 9.59 Å². The molecule has 5 rings (SSSR count). The Morgan fingerprint density at radius 1 is 1.03 bits per heavy atom. The number of nitrogens with two attached hydrogens (primary N) is 1. The van der Waals surface area contributed by atoms with Crippen molar-refractivity contribution in [2.75, 3.05) is 11.1 Å². The lowest BCUT2D eigenvalue weighted by Gasteiger charge is -2.05. The van der Waals surface area contributed by atoms with E-state index in [4.69, 9.17) is 5.73 Å². The summed E-state index contributed by atoms with van der Waals surface area (Å²) in [7, 11) is 0. The SMILES string of the molecule is Nc1ncc(-c2cccc(C=O)c2)nc1-c1nc2cc(C(=O)Nc3cccc(F)c3)ccc2[nH]1. The molecule has 2 heterocycles. The zero-order chi connectivity index (χ0) is 23.7. The molecule has 166 valence electrons. The Balaban J connectivity index is 1.48. The summed E-state index contributed by atoms with van der Waals surface area (Å²) in [5.41, 5.74) is 10.1. The summed E-state index contributed by atoms with van der Waals surface area (Å²) in [6.07, 6.45) is 2.29. The number of carbonyl (C=O) groups is 2. The summed E-state index contributed by atoms with van der Waals surface area (Å²) in [6, 6.07) is 17.6. The Labute approximate surface area is 192 Å². The number of nitrogen functional groups attached to an aromatic ring is 1. The van der Waals surface area contributed by atoms with E-state index in [-0.39, 0.29) is 5.82 Å². The first-order valence-electron chi connectivity index (χ1n) is 10.3. The second-order valence-corrected chi connectivity index (χ2v) is 7.51. The van der Waals surface area contributed by atoms with E-state index in [9.17, 15) is 14.0 Å². The van der Waals surface area contributed by atoms with Gasteiger partial charge in [-0.15, -0.1) is 0 Å². The minimum absolute atomic E-state index is 0.179. The van der Waals surface area contributed by atoms with E-state index in [0.717, 1.165) is 6.29 Å². The topological polar surface area (TPSA) is 127 Å². The van der Waals surface area contributed by atoms with Crippen LogP contribution >= 0.6 is 0 Å². The Kier molecular flexibility index (Phi) is 5.27. The molecule has 0 spiro atoms. The smallest absolute Gasteiger partial charge is 0.255 e. The summed E-state index contributed by atoms with van der Waals surface area (Å²) < 4.78 is 13.4. The predicted molar refractivity (Wildman–Crippen MR) is 127 cm³/mol. The van der Waals surface area contributed by atoms with Gasteiger partial charge in [-0.2, -0.15) is 0 Å². The highest BCUT2D eigenvalue weighted by Gasteiger charge is 2.15. The zero-order valence-corrected chi connectivity index (χ0v) is 17.6. The molecule has 3 aromatic carbocycles. The second-order valence-electron chi connectivity index (χ2n) is 7.51. The third-order valence-corrected chi connectivity index (χ3v) is 5.17. The number of nitrogens with zero attached hydrogens (tertiary/aromatic N) is 3. The van der Waals surface area contributed by atoms with Gasteiger partial charge in [-0.25, -0.2) is 19.3 Å². The molecule has 0 fully saturated rings. The summed E-state index contributed by atoms with van der Waals surface area (Å²) in [4.78, 5) is 40.2. The molecule has 4 N–H and O–H groups in total. The largest absolute Gasteiger partial charge is 0.382 e. The maximum absolute atomic E-state index is 13.4. The molecule has 0 aliphatic rings. The van der Waals surface area contributed by atoms with Crippen molar-refractivity contribution in [2.24, 2.45) is 0 Å². The Morgan fingerprint density at radius 3 is 2.71 bits per heavy atom. The van der Waals surface area contributed by atoms with Gasteiger partial charge in [-0.1, -0.05) is 24.3 Å². The first-order chi connectivity index (χ1) is 16.5. The number of hydrogen-bond acceptors (Lipinski definition) is 6. The van der Waals surface area contributed by atoms with Gasteiger partial charge in [-0.05, 0) is 42.5 Å². The molecule has 0 saturated heterocycles. The number of aromatic nitrogens is 4.